The predicted molar refractivity (Wildman–Crippen MR) is 95.5 cm³/mol. The lowest BCUT2D eigenvalue weighted by atomic mass is 9.84. The summed E-state index contributed by atoms with van der Waals surface area (Å²) < 4.78 is 0. The van der Waals surface area contributed by atoms with Crippen LogP contribution in [0.2, 0.25) is 0 Å². The smallest absolute Gasteiger partial charge is 0.0787 e. The summed E-state index contributed by atoms with van der Waals surface area (Å²) in [5, 5.41) is 14.3. The van der Waals surface area contributed by atoms with E-state index >= 15 is 0 Å². The second-order valence-electron chi connectivity index (χ2n) is 7.86. The van der Waals surface area contributed by atoms with Gasteiger partial charge < -0.3 is 15.3 Å². The number of thioether (sulfide) groups is 1. The molecule has 2 atom stereocenters. The second kappa shape index (κ2) is 7.87. The average molecular weight is 327 g/mol. The van der Waals surface area contributed by atoms with E-state index in [1.165, 1.54) is 51.6 Å². The monoisotopic (exact) mass is 326 g/mol. The zero-order valence-electron chi connectivity index (χ0n) is 14.2. The van der Waals surface area contributed by atoms with Gasteiger partial charge >= 0.3 is 0 Å². The minimum Gasteiger partial charge on any atom is -0.389 e. The summed E-state index contributed by atoms with van der Waals surface area (Å²) in [7, 11) is 0. The van der Waals surface area contributed by atoms with Crippen molar-refractivity contribution in [3.8, 4) is 0 Å². The summed E-state index contributed by atoms with van der Waals surface area (Å²) in [4.78, 5) is 2.76. The van der Waals surface area contributed by atoms with Crippen molar-refractivity contribution in [2.75, 3.05) is 31.1 Å². The lowest BCUT2D eigenvalue weighted by Crippen LogP contribution is -2.52. The Bertz CT molecular complexity index is 338. The molecule has 2 N–H and O–H groups in total. The average Bonchev–Trinajstić information content (AvgIpc) is 2.55. The summed E-state index contributed by atoms with van der Waals surface area (Å²) in [5.74, 6) is 3.13. The predicted octanol–water partition coefficient (Wildman–Crippen LogP) is 2.88. The van der Waals surface area contributed by atoms with Gasteiger partial charge in [0.1, 0.15) is 0 Å². The zero-order chi connectivity index (χ0) is 15.4. The molecule has 3 nitrogen and oxygen atoms in total. The van der Waals surface area contributed by atoms with Gasteiger partial charge in [-0.05, 0) is 69.0 Å². The van der Waals surface area contributed by atoms with E-state index in [0.717, 1.165) is 42.9 Å². The van der Waals surface area contributed by atoms with Gasteiger partial charge in [-0.1, -0.05) is 19.8 Å². The third kappa shape index (κ3) is 4.40. The van der Waals surface area contributed by atoms with Crippen LogP contribution < -0.4 is 5.32 Å². The van der Waals surface area contributed by atoms with Crippen LogP contribution in [0.1, 0.15) is 58.3 Å². The molecule has 3 fully saturated rings. The number of piperidine rings is 1. The highest BCUT2D eigenvalue weighted by Crippen LogP contribution is 2.30. The summed E-state index contributed by atoms with van der Waals surface area (Å²) in [6.07, 6.45) is 10.1. The Balaban J connectivity index is 1.40. The van der Waals surface area contributed by atoms with Gasteiger partial charge in [0, 0.05) is 18.6 Å². The molecule has 2 heterocycles. The van der Waals surface area contributed by atoms with Crippen molar-refractivity contribution in [3.05, 3.63) is 0 Å². The molecule has 0 bridgehead atoms. The Morgan fingerprint density at radius 3 is 2.45 bits per heavy atom. The molecule has 0 aromatic rings. The van der Waals surface area contributed by atoms with Gasteiger partial charge in [-0.2, -0.15) is 11.8 Å². The van der Waals surface area contributed by atoms with E-state index in [-0.39, 0.29) is 0 Å². The third-order valence-corrected chi connectivity index (χ3v) is 7.19. The molecule has 1 saturated carbocycles. The molecular weight excluding hydrogens is 292 g/mol. The topological polar surface area (TPSA) is 35.5 Å². The number of nitrogens with one attached hydrogen (secondary N) is 1. The molecule has 1 aliphatic carbocycles. The van der Waals surface area contributed by atoms with Crippen LogP contribution in [0.4, 0.5) is 0 Å². The fourth-order valence-electron chi connectivity index (χ4n) is 4.54. The van der Waals surface area contributed by atoms with Gasteiger partial charge in [0.2, 0.25) is 0 Å². The highest BCUT2D eigenvalue weighted by atomic mass is 32.2. The first kappa shape index (κ1) is 17.1. The lowest BCUT2D eigenvalue weighted by Gasteiger charge is -2.43. The molecule has 0 aromatic heterocycles. The molecule has 22 heavy (non-hydrogen) atoms. The van der Waals surface area contributed by atoms with Gasteiger partial charge in [-0.3, -0.25) is 0 Å². The number of rotatable bonds is 4. The van der Waals surface area contributed by atoms with E-state index in [9.17, 15) is 5.11 Å². The standard InChI is InChI=1S/C18H34N2OS/c1-15-4-2-3-5-17(15)20-10-6-16(7-11-20)19-14-18(21)8-12-22-13-9-18/h15-17,19,21H,2-14H2,1H3. The van der Waals surface area contributed by atoms with E-state index in [1.807, 2.05) is 11.8 Å². The normalized spacial score (nSPS) is 34.6. The summed E-state index contributed by atoms with van der Waals surface area (Å²) in [6, 6.07) is 1.46. The van der Waals surface area contributed by atoms with Crippen LogP contribution in [0.25, 0.3) is 0 Å². The Morgan fingerprint density at radius 2 is 1.77 bits per heavy atom. The number of aliphatic hydroxyl groups is 1. The highest BCUT2D eigenvalue weighted by Gasteiger charge is 2.32. The molecule has 0 amide bonds. The quantitative estimate of drug-likeness (QED) is 0.833. The van der Waals surface area contributed by atoms with Crippen molar-refractivity contribution in [1.82, 2.24) is 10.2 Å². The maximum absolute atomic E-state index is 10.6. The molecule has 128 valence electrons. The van der Waals surface area contributed by atoms with Crippen molar-refractivity contribution in [1.29, 1.82) is 0 Å². The van der Waals surface area contributed by atoms with Gasteiger partial charge in [0.25, 0.3) is 0 Å². The Labute approximate surface area is 140 Å². The Morgan fingerprint density at radius 1 is 1.09 bits per heavy atom. The first-order valence-corrected chi connectivity index (χ1v) is 10.6. The SMILES string of the molecule is CC1CCCCC1N1CCC(NCC2(O)CCSCC2)CC1. The van der Waals surface area contributed by atoms with E-state index in [4.69, 9.17) is 0 Å². The molecule has 2 saturated heterocycles. The minimum absolute atomic E-state index is 0.430. The van der Waals surface area contributed by atoms with Crippen LogP contribution in [0, 0.1) is 5.92 Å². The molecule has 0 spiro atoms. The largest absolute Gasteiger partial charge is 0.389 e. The molecular formula is C18H34N2OS. The van der Waals surface area contributed by atoms with Crippen LogP contribution in [0.3, 0.4) is 0 Å². The fourth-order valence-corrected chi connectivity index (χ4v) is 5.79. The number of nitrogens with zero attached hydrogens (tertiary/aromatic N) is 1. The van der Waals surface area contributed by atoms with Gasteiger partial charge in [0.05, 0.1) is 5.60 Å². The van der Waals surface area contributed by atoms with E-state index < -0.39 is 5.60 Å². The number of hydrogen-bond donors (Lipinski definition) is 2. The summed E-state index contributed by atoms with van der Waals surface area (Å²) >= 11 is 1.98. The van der Waals surface area contributed by atoms with Crippen molar-refractivity contribution in [3.63, 3.8) is 0 Å². The van der Waals surface area contributed by atoms with Crippen molar-refractivity contribution in [2.24, 2.45) is 5.92 Å². The number of hydrogen-bond acceptors (Lipinski definition) is 4. The lowest BCUT2D eigenvalue weighted by molar-refractivity contribution is 0.0238. The van der Waals surface area contributed by atoms with Crippen LogP contribution >= 0.6 is 11.8 Å². The van der Waals surface area contributed by atoms with Gasteiger partial charge in [0.15, 0.2) is 0 Å². The first-order chi connectivity index (χ1) is 10.7. The minimum atomic E-state index is -0.430. The molecule has 2 unspecified atom stereocenters. The Hall–Kier alpha value is 0.230. The maximum Gasteiger partial charge on any atom is 0.0787 e. The molecule has 0 radical (unpaired) electrons. The Kier molecular flexibility index (Phi) is 6.10. The fraction of sp³-hybridized carbons (Fsp3) is 1.00. The van der Waals surface area contributed by atoms with Crippen molar-refractivity contribution >= 4 is 11.8 Å². The summed E-state index contributed by atoms with van der Waals surface area (Å²) in [6.45, 7) is 5.75. The van der Waals surface area contributed by atoms with Gasteiger partial charge in [-0.15, -0.1) is 0 Å². The molecule has 0 aromatic carbocycles. The second-order valence-corrected chi connectivity index (χ2v) is 9.08. The molecule has 2 aliphatic heterocycles. The first-order valence-electron chi connectivity index (χ1n) is 9.44. The van der Waals surface area contributed by atoms with Crippen molar-refractivity contribution < 1.29 is 5.11 Å². The van der Waals surface area contributed by atoms with Crippen molar-refractivity contribution in [2.45, 2.75) is 76.0 Å². The van der Waals surface area contributed by atoms with Crippen LogP contribution in [0.5, 0.6) is 0 Å². The van der Waals surface area contributed by atoms with Crippen LogP contribution in [0.15, 0.2) is 0 Å². The number of likely N-dealkylation sites (tertiary alicyclic amines) is 1. The molecule has 4 heteroatoms. The van der Waals surface area contributed by atoms with E-state index in [0.29, 0.717) is 6.04 Å². The zero-order valence-corrected chi connectivity index (χ0v) is 15.0. The molecule has 3 rings (SSSR count). The maximum atomic E-state index is 10.6. The van der Waals surface area contributed by atoms with E-state index in [2.05, 4.69) is 17.1 Å². The summed E-state index contributed by atoms with van der Waals surface area (Å²) in [5.41, 5.74) is -0.430. The van der Waals surface area contributed by atoms with E-state index in [1.54, 1.807) is 0 Å². The van der Waals surface area contributed by atoms with Crippen LogP contribution in [-0.2, 0) is 0 Å². The third-order valence-electron chi connectivity index (χ3n) is 6.21. The van der Waals surface area contributed by atoms with Crippen LogP contribution in [-0.4, -0.2) is 58.8 Å². The van der Waals surface area contributed by atoms with Gasteiger partial charge in [-0.25, -0.2) is 0 Å². The highest BCUT2D eigenvalue weighted by molar-refractivity contribution is 7.99. The molecule has 3 aliphatic rings.